The van der Waals surface area contributed by atoms with Crippen LogP contribution in [0, 0.1) is 5.82 Å². The first-order valence-electron chi connectivity index (χ1n) is 9.23. The Labute approximate surface area is 163 Å². The van der Waals surface area contributed by atoms with Crippen molar-refractivity contribution in [3.05, 3.63) is 59.4 Å². The minimum Gasteiger partial charge on any atom is -0.493 e. The molecular formula is C21H23FN2O4. The van der Waals surface area contributed by atoms with E-state index in [9.17, 15) is 9.18 Å². The molecule has 0 radical (unpaired) electrons. The highest BCUT2D eigenvalue weighted by Gasteiger charge is 2.47. The fourth-order valence-corrected chi connectivity index (χ4v) is 3.93. The molecule has 2 aromatic carbocycles. The number of amides is 1. The number of carbonyl (C=O) groups is 1. The first kappa shape index (κ1) is 18.6. The highest BCUT2D eigenvalue weighted by molar-refractivity contribution is 5.71. The number of methoxy groups -OCH3 is 2. The summed E-state index contributed by atoms with van der Waals surface area (Å²) in [6.45, 7) is 2.18. The lowest BCUT2D eigenvalue weighted by atomic mass is 10.1. The molecule has 2 aliphatic heterocycles. The molecule has 4 rings (SSSR count). The molecule has 0 unspecified atom stereocenters. The number of nitrogens with zero attached hydrogens (tertiary/aromatic N) is 2. The van der Waals surface area contributed by atoms with E-state index in [2.05, 4.69) is 4.90 Å². The third-order valence-corrected chi connectivity index (χ3v) is 5.35. The standard InChI is InChI=1S/C21H23FN2O4/c1-26-18-8-7-14(9-19(18)27-2)10-24-17-12-23(13-20(17)28-21(24)25)11-15-5-3-4-6-16(15)22/h3-9,17,20H,10-13H2,1-2H3/t17-,20+/m0/s1. The number of carbonyl (C=O) groups excluding carboxylic acids is 1. The molecule has 1 amide bonds. The number of rotatable bonds is 6. The fourth-order valence-electron chi connectivity index (χ4n) is 3.93. The predicted molar refractivity (Wildman–Crippen MR) is 101 cm³/mol. The van der Waals surface area contributed by atoms with E-state index in [1.165, 1.54) is 6.07 Å². The van der Waals surface area contributed by atoms with Crippen LogP contribution in [0.1, 0.15) is 11.1 Å². The highest BCUT2D eigenvalue weighted by atomic mass is 19.1. The maximum absolute atomic E-state index is 13.9. The molecule has 2 saturated heterocycles. The van der Waals surface area contributed by atoms with Crippen molar-refractivity contribution in [2.24, 2.45) is 0 Å². The summed E-state index contributed by atoms with van der Waals surface area (Å²) in [5, 5.41) is 0. The number of ether oxygens (including phenoxy) is 3. The summed E-state index contributed by atoms with van der Waals surface area (Å²) in [5.41, 5.74) is 1.59. The van der Waals surface area contributed by atoms with Gasteiger partial charge in [-0.15, -0.1) is 0 Å². The molecule has 7 heteroatoms. The van der Waals surface area contributed by atoms with Crippen molar-refractivity contribution in [1.82, 2.24) is 9.80 Å². The van der Waals surface area contributed by atoms with Gasteiger partial charge in [-0.25, -0.2) is 9.18 Å². The van der Waals surface area contributed by atoms with Crippen LogP contribution in [0.25, 0.3) is 0 Å². The Balaban J connectivity index is 1.46. The molecule has 0 saturated carbocycles. The zero-order valence-electron chi connectivity index (χ0n) is 15.9. The van der Waals surface area contributed by atoms with Crippen LogP contribution in [-0.2, 0) is 17.8 Å². The van der Waals surface area contributed by atoms with Crippen LogP contribution in [0.15, 0.2) is 42.5 Å². The molecule has 2 fully saturated rings. The molecule has 148 valence electrons. The van der Waals surface area contributed by atoms with Gasteiger partial charge in [-0.3, -0.25) is 9.80 Å². The molecular weight excluding hydrogens is 363 g/mol. The summed E-state index contributed by atoms with van der Waals surface area (Å²) in [6.07, 6.45) is -0.505. The van der Waals surface area contributed by atoms with E-state index in [4.69, 9.17) is 14.2 Å². The summed E-state index contributed by atoms with van der Waals surface area (Å²) in [5.74, 6) is 1.06. The van der Waals surface area contributed by atoms with Crippen molar-refractivity contribution in [2.75, 3.05) is 27.3 Å². The average molecular weight is 386 g/mol. The van der Waals surface area contributed by atoms with Crippen LogP contribution in [0.2, 0.25) is 0 Å². The van der Waals surface area contributed by atoms with E-state index in [1.54, 1.807) is 31.3 Å². The molecule has 28 heavy (non-hydrogen) atoms. The largest absolute Gasteiger partial charge is 0.493 e. The lowest BCUT2D eigenvalue weighted by Crippen LogP contribution is -2.37. The molecule has 2 heterocycles. The number of halogens is 1. The van der Waals surface area contributed by atoms with Gasteiger partial charge < -0.3 is 14.2 Å². The molecule has 0 N–H and O–H groups in total. The summed E-state index contributed by atoms with van der Waals surface area (Å²) in [6, 6.07) is 12.3. The summed E-state index contributed by atoms with van der Waals surface area (Å²) in [7, 11) is 3.17. The van der Waals surface area contributed by atoms with Crippen molar-refractivity contribution < 1.29 is 23.4 Å². The number of hydrogen-bond acceptors (Lipinski definition) is 5. The van der Waals surface area contributed by atoms with Crippen LogP contribution < -0.4 is 9.47 Å². The van der Waals surface area contributed by atoms with E-state index >= 15 is 0 Å². The normalized spacial score (nSPS) is 21.5. The Morgan fingerprint density at radius 3 is 2.61 bits per heavy atom. The van der Waals surface area contributed by atoms with Crippen LogP contribution in [-0.4, -0.2) is 55.3 Å². The molecule has 2 atom stereocenters. The molecule has 2 aliphatic rings. The quantitative estimate of drug-likeness (QED) is 0.764. The van der Waals surface area contributed by atoms with Crippen molar-refractivity contribution in [1.29, 1.82) is 0 Å². The SMILES string of the molecule is COc1ccc(CN2C(=O)O[C@@H]3CN(Cc4ccccc4F)C[C@@H]32)cc1OC. The number of likely N-dealkylation sites (tertiary alicyclic amines) is 1. The lowest BCUT2D eigenvalue weighted by molar-refractivity contribution is 0.119. The Morgan fingerprint density at radius 2 is 1.86 bits per heavy atom. The molecule has 0 spiro atoms. The van der Waals surface area contributed by atoms with Crippen LogP contribution >= 0.6 is 0 Å². The second-order valence-electron chi connectivity index (χ2n) is 7.09. The van der Waals surface area contributed by atoms with E-state index in [0.717, 1.165) is 5.56 Å². The summed E-state index contributed by atoms with van der Waals surface area (Å²) in [4.78, 5) is 16.2. The fraction of sp³-hybridized carbons (Fsp3) is 0.381. The number of benzene rings is 2. The second-order valence-corrected chi connectivity index (χ2v) is 7.09. The Kier molecular flexibility index (Phi) is 5.09. The van der Waals surface area contributed by atoms with E-state index in [0.29, 0.717) is 43.2 Å². The van der Waals surface area contributed by atoms with Gasteiger partial charge in [0.2, 0.25) is 0 Å². The van der Waals surface area contributed by atoms with Gasteiger partial charge in [-0.05, 0) is 23.8 Å². The van der Waals surface area contributed by atoms with Crippen molar-refractivity contribution >= 4 is 6.09 Å². The van der Waals surface area contributed by atoms with Crippen LogP contribution in [0.4, 0.5) is 9.18 Å². The first-order valence-corrected chi connectivity index (χ1v) is 9.23. The molecule has 2 aromatic rings. The molecule has 0 aromatic heterocycles. The maximum Gasteiger partial charge on any atom is 0.410 e. The average Bonchev–Trinajstić information content (AvgIpc) is 3.21. The Morgan fingerprint density at radius 1 is 1.07 bits per heavy atom. The van der Waals surface area contributed by atoms with Gasteiger partial charge in [-0.1, -0.05) is 24.3 Å². The Hall–Kier alpha value is -2.80. The van der Waals surface area contributed by atoms with Crippen molar-refractivity contribution in [3.8, 4) is 11.5 Å². The summed E-state index contributed by atoms with van der Waals surface area (Å²) < 4.78 is 30.1. The summed E-state index contributed by atoms with van der Waals surface area (Å²) >= 11 is 0. The predicted octanol–water partition coefficient (Wildman–Crippen LogP) is 3.05. The van der Waals surface area contributed by atoms with Gasteiger partial charge in [0.1, 0.15) is 11.9 Å². The van der Waals surface area contributed by atoms with E-state index in [1.807, 2.05) is 24.3 Å². The number of fused-ring (bicyclic) bond motifs is 1. The first-order chi connectivity index (χ1) is 13.6. The zero-order chi connectivity index (χ0) is 19.7. The third-order valence-electron chi connectivity index (χ3n) is 5.35. The topological polar surface area (TPSA) is 51.2 Å². The monoisotopic (exact) mass is 386 g/mol. The van der Waals surface area contributed by atoms with Gasteiger partial charge in [0.05, 0.1) is 20.3 Å². The minimum atomic E-state index is -0.310. The van der Waals surface area contributed by atoms with Gasteiger partial charge in [-0.2, -0.15) is 0 Å². The lowest BCUT2D eigenvalue weighted by Gasteiger charge is -2.23. The molecule has 0 bridgehead atoms. The van der Waals surface area contributed by atoms with Crippen LogP contribution in [0.5, 0.6) is 11.5 Å². The Bertz CT molecular complexity index is 875. The van der Waals surface area contributed by atoms with Gasteiger partial charge in [0, 0.05) is 31.7 Å². The van der Waals surface area contributed by atoms with Gasteiger partial charge >= 0.3 is 6.09 Å². The smallest absolute Gasteiger partial charge is 0.410 e. The highest BCUT2D eigenvalue weighted by Crippen LogP contribution is 2.32. The van der Waals surface area contributed by atoms with Gasteiger partial charge in [0.25, 0.3) is 0 Å². The van der Waals surface area contributed by atoms with Gasteiger partial charge in [0.15, 0.2) is 11.5 Å². The second kappa shape index (κ2) is 7.67. The van der Waals surface area contributed by atoms with Crippen LogP contribution in [0.3, 0.4) is 0 Å². The third kappa shape index (κ3) is 3.49. The number of hydrogen-bond donors (Lipinski definition) is 0. The minimum absolute atomic E-state index is 0.0487. The van der Waals surface area contributed by atoms with Crippen molar-refractivity contribution in [2.45, 2.75) is 25.2 Å². The van der Waals surface area contributed by atoms with E-state index < -0.39 is 0 Å². The van der Waals surface area contributed by atoms with E-state index in [-0.39, 0.29) is 24.1 Å². The molecule has 6 nitrogen and oxygen atoms in total. The maximum atomic E-state index is 13.9. The molecule has 0 aliphatic carbocycles. The zero-order valence-corrected chi connectivity index (χ0v) is 15.9. The van der Waals surface area contributed by atoms with Crippen molar-refractivity contribution in [3.63, 3.8) is 0 Å².